The van der Waals surface area contributed by atoms with Crippen LogP contribution in [-0.2, 0) is 4.12 Å². The molecule has 2 aliphatic rings. The predicted molar refractivity (Wildman–Crippen MR) is 98.6 cm³/mol. The maximum Gasteiger partial charge on any atom is 0.208 e. The monoisotopic (exact) mass is 410 g/mol. The third-order valence-corrected chi connectivity index (χ3v) is 16.9. The molecular formula is C13H26Cl4O2Si2. The molecule has 2 nitrogen and oxygen atoms in total. The lowest BCUT2D eigenvalue weighted by molar-refractivity contribution is 0.0521. The molecule has 0 aromatic heterocycles. The molecule has 0 heterocycles. The van der Waals surface area contributed by atoms with Crippen molar-refractivity contribution >= 4 is 63.0 Å². The number of fused-ring (bicyclic) bond motifs is 2. The fraction of sp³-hybridized carbons (Fsp3) is 1.00. The van der Waals surface area contributed by atoms with Gasteiger partial charge in [-0.2, -0.15) is 0 Å². The van der Waals surface area contributed by atoms with Crippen LogP contribution in [0.15, 0.2) is 0 Å². The minimum Gasteiger partial charge on any atom is -0.452 e. The minimum absolute atomic E-state index is 0.190. The fourth-order valence-electron chi connectivity index (χ4n) is 2.93. The van der Waals surface area contributed by atoms with Crippen LogP contribution in [0, 0.1) is 5.92 Å². The van der Waals surface area contributed by atoms with Gasteiger partial charge < -0.3 is 9.22 Å². The van der Waals surface area contributed by atoms with Crippen molar-refractivity contribution in [2.45, 2.75) is 72.8 Å². The number of alkyl halides is 4. The average Bonchev–Trinajstić information content (AvgIpc) is 2.85. The van der Waals surface area contributed by atoms with Crippen LogP contribution in [0.25, 0.3) is 0 Å². The summed E-state index contributed by atoms with van der Waals surface area (Å²) in [5.41, 5.74) is -0.190. The Hall–Kier alpha value is 1.51. The van der Waals surface area contributed by atoms with Gasteiger partial charge in [0.2, 0.25) is 16.6 Å². The molecule has 21 heavy (non-hydrogen) atoms. The summed E-state index contributed by atoms with van der Waals surface area (Å²) in [4.78, 5) is 0. The van der Waals surface area contributed by atoms with E-state index < -0.39 is 25.6 Å². The quantitative estimate of drug-likeness (QED) is 0.494. The first kappa shape index (κ1) is 20.6. The summed E-state index contributed by atoms with van der Waals surface area (Å²) < 4.78 is 4.99. The van der Waals surface area contributed by atoms with Gasteiger partial charge in [0.15, 0.2) is 0 Å². The maximum atomic E-state index is 9.54. The Bertz CT molecular complexity index is 325. The van der Waals surface area contributed by atoms with E-state index in [0.717, 1.165) is 25.2 Å². The number of hydrogen-bond donors (Lipinski definition) is 1. The van der Waals surface area contributed by atoms with Gasteiger partial charge in [0, 0.05) is 0 Å². The van der Waals surface area contributed by atoms with Crippen LogP contribution in [0.3, 0.4) is 0 Å². The standard InChI is InChI=1S/C7H12O.C6H14Cl4OSi2/c8-7-3-1-6(5-7)2-4-7;1-12(2,5(7)8)11-13(3,4)6(9)10/h6,8H,1-5H2;5-6H,1-4H3. The summed E-state index contributed by atoms with van der Waals surface area (Å²) in [6.07, 6.45) is 5.84. The molecule has 1 N–H and O–H groups in total. The van der Waals surface area contributed by atoms with Gasteiger partial charge in [0.1, 0.15) is 8.92 Å². The molecule has 2 saturated carbocycles. The molecule has 2 bridgehead atoms. The molecule has 0 aromatic rings. The summed E-state index contributed by atoms with van der Waals surface area (Å²) in [5.74, 6) is 0.889. The highest BCUT2D eigenvalue weighted by molar-refractivity contribution is 6.98. The van der Waals surface area contributed by atoms with Crippen LogP contribution in [-0.4, -0.2) is 36.3 Å². The molecule has 126 valence electrons. The highest BCUT2D eigenvalue weighted by Crippen LogP contribution is 2.47. The zero-order chi connectivity index (χ0) is 16.5. The van der Waals surface area contributed by atoms with Crippen molar-refractivity contribution in [1.29, 1.82) is 0 Å². The van der Waals surface area contributed by atoms with E-state index in [4.69, 9.17) is 50.5 Å². The van der Waals surface area contributed by atoms with Crippen LogP contribution < -0.4 is 0 Å². The Morgan fingerprint density at radius 1 is 0.952 bits per heavy atom. The van der Waals surface area contributed by atoms with Gasteiger partial charge >= 0.3 is 0 Å². The van der Waals surface area contributed by atoms with Gasteiger partial charge in [-0.25, -0.2) is 0 Å². The van der Waals surface area contributed by atoms with Gasteiger partial charge in [-0.05, 0) is 64.2 Å². The molecule has 0 saturated heterocycles. The Kier molecular flexibility index (Phi) is 7.44. The number of rotatable bonds is 4. The van der Waals surface area contributed by atoms with Crippen LogP contribution in [0.1, 0.15) is 32.1 Å². The molecule has 0 radical (unpaired) electrons. The Morgan fingerprint density at radius 2 is 1.33 bits per heavy atom. The highest BCUT2D eigenvalue weighted by Gasteiger charge is 2.43. The molecule has 0 aromatic carbocycles. The van der Waals surface area contributed by atoms with Gasteiger partial charge in [-0.15, -0.1) is 46.4 Å². The van der Waals surface area contributed by atoms with E-state index in [-0.39, 0.29) is 5.60 Å². The Morgan fingerprint density at radius 3 is 1.48 bits per heavy atom. The SMILES string of the molecule is C[Si](C)(O[Si](C)(C)C(Cl)Cl)C(Cl)Cl.OC12CCC(CC1)C2. The molecule has 8 heteroatoms. The minimum atomic E-state index is -2.06. The Labute approximate surface area is 150 Å². The first-order valence-corrected chi connectivity index (χ1v) is 15.1. The summed E-state index contributed by atoms with van der Waals surface area (Å²) >= 11 is 23.3. The second-order valence-electron chi connectivity index (χ2n) is 7.28. The van der Waals surface area contributed by atoms with Crippen molar-refractivity contribution in [2.24, 2.45) is 5.92 Å². The highest BCUT2D eigenvalue weighted by atomic mass is 35.5. The van der Waals surface area contributed by atoms with Gasteiger partial charge in [-0.3, -0.25) is 0 Å². The molecule has 2 aliphatic carbocycles. The maximum absolute atomic E-state index is 9.54. The summed E-state index contributed by atoms with van der Waals surface area (Å²) in [7, 11) is -4.11. The largest absolute Gasteiger partial charge is 0.452 e. The fourth-order valence-corrected chi connectivity index (χ4v) is 10.7. The van der Waals surface area contributed by atoms with Crippen molar-refractivity contribution in [3.8, 4) is 0 Å². The molecular weight excluding hydrogens is 386 g/mol. The van der Waals surface area contributed by atoms with Crippen molar-refractivity contribution in [3.05, 3.63) is 0 Å². The van der Waals surface area contributed by atoms with Crippen LogP contribution >= 0.6 is 46.4 Å². The van der Waals surface area contributed by atoms with E-state index in [9.17, 15) is 5.11 Å². The van der Waals surface area contributed by atoms with E-state index in [0.29, 0.717) is 0 Å². The zero-order valence-corrected chi connectivity index (χ0v) is 18.2. The molecule has 0 atom stereocenters. The molecule has 0 unspecified atom stereocenters. The van der Waals surface area contributed by atoms with Crippen molar-refractivity contribution < 1.29 is 9.22 Å². The zero-order valence-electron chi connectivity index (χ0n) is 13.1. The second-order valence-corrected chi connectivity index (χ2v) is 19.3. The molecule has 2 rings (SSSR count). The number of hydrogen-bond acceptors (Lipinski definition) is 2. The first-order valence-electron chi connectivity index (χ1n) is 7.37. The van der Waals surface area contributed by atoms with Gasteiger partial charge in [-0.1, -0.05) is 0 Å². The lowest BCUT2D eigenvalue weighted by Crippen LogP contribution is -2.52. The normalized spacial score (nSPS) is 29.0. The Balaban J connectivity index is 0.000000230. The van der Waals surface area contributed by atoms with Gasteiger partial charge in [0.25, 0.3) is 0 Å². The van der Waals surface area contributed by atoms with Crippen LogP contribution in [0.5, 0.6) is 0 Å². The summed E-state index contributed by atoms with van der Waals surface area (Å²) in [6, 6.07) is 0. The van der Waals surface area contributed by atoms with E-state index in [2.05, 4.69) is 0 Å². The molecule has 0 spiro atoms. The topological polar surface area (TPSA) is 29.5 Å². The summed E-state index contributed by atoms with van der Waals surface area (Å²) in [6.45, 7) is 7.84. The predicted octanol–water partition coefficient (Wildman–Crippen LogP) is 5.41. The molecule has 0 aliphatic heterocycles. The summed E-state index contributed by atoms with van der Waals surface area (Å²) in [5, 5.41) is 9.54. The lowest BCUT2D eigenvalue weighted by Gasteiger charge is -2.35. The van der Waals surface area contributed by atoms with E-state index in [1.807, 2.05) is 26.2 Å². The van der Waals surface area contributed by atoms with Gasteiger partial charge in [0.05, 0.1) is 5.60 Å². The van der Waals surface area contributed by atoms with E-state index in [1.165, 1.54) is 12.8 Å². The van der Waals surface area contributed by atoms with Crippen LogP contribution in [0.2, 0.25) is 26.2 Å². The average molecular weight is 412 g/mol. The van der Waals surface area contributed by atoms with Crippen molar-refractivity contribution in [2.75, 3.05) is 0 Å². The van der Waals surface area contributed by atoms with E-state index in [1.54, 1.807) is 0 Å². The second kappa shape index (κ2) is 7.60. The first-order chi connectivity index (χ1) is 9.38. The van der Waals surface area contributed by atoms with Crippen molar-refractivity contribution in [3.63, 3.8) is 0 Å². The molecule has 0 amide bonds. The third kappa shape index (κ3) is 6.14. The van der Waals surface area contributed by atoms with Crippen molar-refractivity contribution in [1.82, 2.24) is 0 Å². The van der Waals surface area contributed by atoms with E-state index >= 15 is 0 Å². The lowest BCUT2D eigenvalue weighted by atomic mass is 9.98. The third-order valence-electron chi connectivity index (χ3n) is 4.28. The molecule has 2 fully saturated rings. The smallest absolute Gasteiger partial charge is 0.208 e. The number of halogens is 4. The van der Waals surface area contributed by atoms with Crippen LogP contribution in [0.4, 0.5) is 0 Å². The number of aliphatic hydroxyl groups is 1.